The van der Waals surface area contributed by atoms with Gasteiger partial charge in [0, 0.05) is 49.9 Å². The van der Waals surface area contributed by atoms with Crippen LogP contribution >= 0.6 is 0 Å². The Balaban J connectivity index is 1.35. The minimum Gasteiger partial charge on any atom is -0.473 e. The van der Waals surface area contributed by atoms with Crippen molar-refractivity contribution in [2.75, 3.05) is 19.8 Å². The molecule has 0 aromatic carbocycles. The normalized spacial score (nSPS) is 22.9. The van der Waals surface area contributed by atoms with Crippen LogP contribution in [0.2, 0.25) is 0 Å². The third-order valence-electron chi connectivity index (χ3n) is 6.89. The average molecular weight is 437 g/mol. The van der Waals surface area contributed by atoms with Crippen molar-refractivity contribution < 1.29 is 14.3 Å². The van der Waals surface area contributed by atoms with Crippen molar-refractivity contribution in [3.63, 3.8) is 0 Å². The molecule has 3 fully saturated rings. The van der Waals surface area contributed by atoms with Gasteiger partial charge in [0.2, 0.25) is 11.8 Å². The molecule has 0 spiro atoms. The first-order valence-electron chi connectivity index (χ1n) is 11.6. The summed E-state index contributed by atoms with van der Waals surface area (Å²) in [5.41, 5.74) is 3.58. The zero-order chi connectivity index (χ0) is 21.7. The summed E-state index contributed by atoms with van der Waals surface area (Å²) in [5, 5.41) is 7.51. The topological polar surface area (TPSA) is 96.1 Å². The lowest BCUT2D eigenvalue weighted by molar-refractivity contribution is -0.119. The Morgan fingerprint density at radius 1 is 1.22 bits per heavy atom. The zero-order valence-corrected chi connectivity index (χ0v) is 18.2. The second-order valence-electron chi connectivity index (χ2n) is 9.21. The summed E-state index contributed by atoms with van der Waals surface area (Å²) < 4.78 is 16.1. The van der Waals surface area contributed by atoms with E-state index >= 15 is 0 Å². The third kappa shape index (κ3) is 3.64. The Labute approximate surface area is 186 Å². The number of ether oxygens (including phenoxy) is 2. The molecule has 1 aliphatic carbocycles. The number of imidazole rings is 1. The highest BCUT2D eigenvalue weighted by Gasteiger charge is 2.31. The van der Waals surface area contributed by atoms with Crippen molar-refractivity contribution in [1.82, 2.24) is 29.6 Å². The number of nitrogens with zero attached hydrogens (tertiary/aromatic N) is 5. The molecule has 2 atom stereocenters. The van der Waals surface area contributed by atoms with Crippen molar-refractivity contribution >= 4 is 16.9 Å². The van der Waals surface area contributed by atoms with Gasteiger partial charge in [-0.2, -0.15) is 5.10 Å². The van der Waals surface area contributed by atoms with E-state index in [-0.39, 0.29) is 17.9 Å². The van der Waals surface area contributed by atoms with Gasteiger partial charge in [0.1, 0.15) is 11.6 Å². The van der Waals surface area contributed by atoms with Crippen molar-refractivity contribution in [3.05, 3.63) is 24.8 Å². The van der Waals surface area contributed by atoms with E-state index in [0.29, 0.717) is 30.9 Å². The first-order valence-corrected chi connectivity index (χ1v) is 11.6. The summed E-state index contributed by atoms with van der Waals surface area (Å²) in [4.78, 5) is 21.3. The smallest absolute Gasteiger partial charge is 0.241 e. The van der Waals surface area contributed by atoms with Gasteiger partial charge in [-0.3, -0.25) is 9.48 Å². The van der Waals surface area contributed by atoms with Gasteiger partial charge in [0.05, 0.1) is 29.8 Å². The van der Waals surface area contributed by atoms with Crippen LogP contribution in [0.3, 0.4) is 0 Å². The SMILES string of the molecule is C[C@@H](Oc1nc(-c2cnn(C3CCOCC3)c2)cc2ncn(C3CC3)c12)[C@H]1CNC(=O)C1. The number of aromatic nitrogens is 5. The number of carbonyl (C=O) groups excluding carboxylic acids is 1. The molecule has 9 nitrogen and oxygen atoms in total. The predicted molar refractivity (Wildman–Crippen MR) is 117 cm³/mol. The van der Waals surface area contributed by atoms with Crippen molar-refractivity contribution in [2.45, 2.75) is 57.2 Å². The predicted octanol–water partition coefficient (Wildman–Crippen LogP) is 2.88. The molecule has 2 saturated heterocycles. The summed E-state index contributed by atoms with van der Waals surface area (Å²) in [7, 11) is 0. The lowest BCUT2D eigenvalue weighted by Crippen LogP contribution is -2.26. The molecular weight excluding hydrogens is 408 g/mol. The second-order valence-corrected chi connectivity index (χ2v) is 9.21. The molecule has 0 bridgehead atoms. The number of nitrogens with one attached hydrogen (secondary N) is 1. The molecule has 6 rings (SSSR count). The maximum atomic E-state index is 11.7. The number of amides is 1. The Morgan fingerprint density at radius 2 is 2.06 bits per heavy atom. The number of pyridine rings is 1. The van der Waals surface area contributed by atoms with Gasteiger partial charge in [0.15, 0.2) is 0 Å². The molecular formula is C23H28N6O3. The minimum absolute atomic E-state index is 0.0841. The van der Waals surface area contributed by atoms with Gasteiger partial charge < -0.3 is 19.4 Å². The van der Waals surface area contributed by atoms with Crippen LogP contribution in [-0.4, -0.2) is 56.1 Å². The number of fused-ring (bicyclic) bond motifs is 1. The van der Waals surface area contributed by atoms with E-state index < -0.39 is 0 Å². The van der Waals surface area contributed by atoms with Crippen LogP contribution in [-0.2, 0) is 9.53 Å². The van der Waals surface area contributed by atoms with Crippen molar-refractivity contribution in [3.8, 4) is 17.1 Å². The third-order valence-corrected chi connectivity index (χ3v) is 6.89. The van der Waals surface area contributed by atoms with Gasteiger partial charge in [-0.25, -0.2) is 9.97 Å². The van der Waals surface area contributed by atoms with E-state index in [2.05, 4.69) is 26.2 Å². The molecule has 1 N–H and O–H groups in total. The van der Waals surface area contributed by atoms with E-state index in [1.54, 1.807) is 0 Å². The van der Waals surface area contributed by atoms with E-state index in [1.165, 1.54) is 0 Å². The second kappa shape index (κ2) is 7.88. The van der Waals surface area contributed by atoms with Gasteiger partial charge in [-0.1, -0.05) is 0 Å². The number of rotatable bonds is 6. The molecule has 3 aromatic heterocycles. The fourth-order valence-electron chi connectivity index (χ4n) is 4.74. The van der Waals surface area contributed by atoms with E-state index in [1.807, 2.05) is 30.2 Å². The van der Waals surface area contributed by atoms with Gasteiger partial charge in [-0.05, 0) is 38.7 Å². The Hall–Kier alpha value is -2.94. The molecule has 32 heavy (non-hydrogen) atoms. The first-order chi connectivity index (χ1) is 15.7. The Morgan fingerprint density at radius 3 is 2.81 bits per heavy atom. The Kier molecular flexibility index (Phi) is 4.86. The van der Waals surface area contributed by atoms with Crippen LogP contribution in [0, 0.1) is 5.92 Å². The summed E-state index contributed by atoms with van der Waals surface area (Å²) in [5.74, 6) is 0.810. The van der Waals surface area contributed by atoms with Crippen LogP contribution < -0.4 is 10.1 Å². The lowest BCUT2D eigenvalue weighted by Gasteiger charge is -2.22. The molecule has 1 amide bonds. The molecule has 3 aliphatic rings. The summed E-state index contributed by atoms with van der Waals surface area (Å²) in [6, 6.07) is 2.85. The standard InChI is InChI=1S/C23H28N6O3/c1-14(15-8-21(30)24-10-15)32-23-22-20(25-13-28(22)17-2-3-17)9-19(27-23)16-11-26-29(12-16)18-4-6-31-7-5-18/h9,11-15,17-18H,2-8,10H2,1H3,(H,24,30)/t14-,15-/m1/s1. The van der Waals surface area contributed by atoms with Crippen LogP contribution in [0.1, 0.15) is 51.1 Å². The first kappa shape index (κ1) is 19.7. The molecule has 9 heteroatoms. The number of hydrogen-bond donors (Lipinski definition) is 1. The van der Waals surface area contributed by atoms with Crippen LogP contribution in [0.15, 0.2) is 24.8 Å². The highest BCUT2D eigenvalue weighted by Crippen LogP contribution is 2.40. The minimum atomic E-state index is -0.132. The van der Waals surface area contributed by atoms with E-state index in [0.717, 1.165) is 61.2 Å². The van der Waals surface area contributed by atoms with Gasteiger partial charge in [-0.15, -0.1) is 0 Å². The number of carbonyl (C=O) groups is 1. The van der Waals surface area contributed by atoms with Crippen molar-refractivity contribution in [1.29, 1.82) is 0 Å². The molecule has 5 heterocycles. The molecule has 168 valence electrons. The van der Waals surface area contributed by atoms with E-state index in [9.17, 15) is 4.79 Å². The van der Waals surface area contributed by atoms with Crippen molar-refractivity contribution in [2.24, 2.45) is 5.92 Å². The van der Waals surface area contributed by atoms with Gasteiger partial charge in [0.25, 0.3) is 0 Å². The highest BCUT2D eigenvalue weighted by atomic mass is 16.5. The molecule has 0 radical (unpaired) electrons. The molecule has 1 saturated carbocycles. The Bertz CT molecular complexity index is 1140. The number of hydrogen-bond acceptors (Lipinski definition) is 6. The lowest BCUT2D eigenvalue weighted by atomic mass is 10.0. The molecule has 3 aromatic rings. The maximum Gasteiger partial charge on any atom is 0.241 e. The zero-order valence-electron chi connectivity index (χ0n) is 18.2. The molecule has 2 aliphatic heterocycles. The highest BCUT2D eigenvalue weighted by molar-refractivity contribution is 5.84. The average Bonchev–Trinajstić information content (AvgIpc) is 3.19. The maximum absolute atomic E-state index is 11.7. The summed E-state index contributed by atoms with van der Waals surface area (Å²) >= 11 is 0. The summed E-state index contributed by atoms with van der Waals surface area (Å²) in [6.07, 6.45) is 10.4. The fourth-order valence-corrected chi connectivity index (χ4v) is 4.74. The largest absolute Gasteiger partial charge is 0.473 e. The molecule has 0 unspecified atom stereocenters. The monoisotopic (exact) mass is 436 g/mol. The van der Waals surface area contributed by atoms with Crippen LogP contribution in [0.25, 0.3) is 22.3 Å². The van der Waals surface area contributed by atoms with Gasteiger partial charge >= 0.3 is 0 Å². The summed E-state index contributed by atoms with van der Waals surface area (Å²) in [6.45, 7) is 4.21. The fraction of sp³-hybridized carbons (Fsp3) is 0.565. The van der Waals surface area contributed by atoms with E-state index in [4.69, 9.17) is 14.5 Å². The van der Waals surface area contributed by atoms with Crippen LogP contribution in [0.4, 0.5) is 0 Å². The quantitative estimate of drug-likeness (QED) is 0.638. The van der Waals surface area contributed by atoms with Crippen LogP contribution in [0.5, 0.6) is 5.88 Å².